The van der Waals surface area contributed by atoms with Gasteiger partial charge in [-0.15, -0.1) is 0 Å². The number of halogens is 2. The van der Waals surface area contributed by atoms with Crippen LogP contribution >= 0.6 is 23.2 Å². The van der Waals surface area contributed by atoms with Gasteiger partial charge in [-0.25, -0.2) is 9.67 Å². The van der Waals surface area contributed by atoms with Gasteiger partial charge in [0.25, 0.3) is 5.56 Å². The molecule has 5 nitrogen and oxygen atoms in total. The van der Waals surface area contributed by atoms with Crippen LogP contribution < -0.4 is 10.9 Å². The Hall–Kier alpha value is -2.24. The normalized spacial score (nSPS) is 13.0. The van der Waals surface area contributed by atoms with E-state index in [1.807, 2.05) is 12.1 Å². The predicted octanol–water partition coefficient (Wildman–Crippen LogP) is 3.50. The van der Waals surface area contributed by atoms with E-state index in [0.29, 0.717) is 34.3 Å². The van der Waals surface area contributed by atoms with Gasteiger partial charge in [0.05, 0.1) is 16.4 Å². The third-order valence-electron chi connectivity index (χ3n) is 3.88. The number of hydrogen-bond donors (Lipinski definition) is 2. The maximum atomic E-state index is 12.8. The topological polar surface area (TPSA) is 62.7 Å². The van der Waals surface area contributed by atoms with Gasteiger partial charge in [0.2, 0.25) is 0 Å². The lowest BCUT2D eigenvalue weighted by Gasteiger charge is -2.07. The van der Waals surface area contributed by atoms with Crippen molar-refractivity contribution in [1.82, 2.24) is 14.8 Å². The molecule has 0 fully saturated rings. The molecule has 0 bridgehead atoms. The third kappa shape index (κ3) is 2.33. The molecule has 0 atom stereocenters. The molecule has 23 heavy (non-hydrogen) atoms. The molecule has 0 saturated heterocycles. The Bertz CT molecular complexity index is 961. The number of hydrogen-bond acceptors (Lipinski definition) is 3. The smallest absolute Gasteiger partial charge is 0.275 e. The number of benzene rings is 1. The fourth-order valence-electron chi connectivity index (χ4n) is 2.81. The highest BCUT2D eigenvalue weighted by Gasteiger charge is 2.22. The predicted molar refractivity (Wildman–Crippen MR) is 91.8 cm³/mol. The summed E-state index contributed by atoms with van der Waals surface area (Å²) in [4.78, 5) is 17.2. The molecule has 0 amide bonds. The van der Waals surface area contributed by atoms with Gasteiger partial charge in [-0.1, -0.05) is 23.2 Å². The van der Waals surface area contributed by atoms with E-state index in [4.69, 9.17) is 23.2 Å². The van der Waals surface area contributed by atoms with Gasteiger partial charge in [-0.2, -0.15) is 0 Å². The minimum absolute atomic E-state index is 0.123. The van der Waals surface area contributed by atoms with Gasteiger partial charge >= 0.3 is 0 Å². The summed E-state index contributed by atoms with van der Waals surface area (Å²) in [5.74, 6) is 0.761. The molecule has 4 rings (SSSR count). The first-order chi connectivity index (χ1) is 11.1. The van der Waals surface area contributed by atoms with Crippen molar-refractivity contribution in [2.75, 3.05) is 11.9 Å². The minimum Gasteiger partial charge on any atom is -0.369 e. The second kappa shape index (κ2) is 5.44. The summed E-state index contributed by atoms with van der Waals surface area (Å²) in [5.41, 5.74) is 2.76. The van der Waals surface area contributed by atoms with Crippen molar-refractivity contribution in [3.05, 3.63) is 62.5 Å². The second-order valence-corrected chi connectivity index (χ2v) is 6.12. The summed E-state index contributed by atoms with van der Waals surface area (Å²) in [6, 6.07) is 8.81. The zero-order chi connectivity index (χ0) is 16.0. The SMILES string of the molecule is O=c1c2c([nH]n1-c1cc(Cl)ccc1Cl)-c1cccnc1NCC2. The van der Waals surface area contributed by atoms with Crippen molar-refractivity contribution in [2.24, 2.45) is 0 Å². The number of pyridine rings is 1. The molecular formula is C16H12Cl2N4O. The summed E-state index contributed by atoms with van der Waals surface area (Å²) in [6.45, 7) is 0.646. The highest BCUT2D eigenvalue weighted by molar-refractivity contribution is 6.34. The van der Waals surface area contributed by atoms with Gasteiger partial charge in [0.15, 0.2) is 0 Å². The van der Waals surface area contributed by atoms with E-state index in [1.54, 1.807) is 24.4 Å². The second-order valence-electron chi connectivity index (χ2n) is 5.28. The largest absolute Gasteiger partial charge is 0.369 e. The summed E-state index contributed by atoms with van der Waals surface area (Å²) < 4.78 is 1.45. The number of nitrogens with one attached hydrogen (secondary N) is 2. The monoisotopic (exact) mass is 346 g/mol. The van der Waals surface area contributed by atoms with Crippen LogP contribution in [0.1, 0.15) is 5.56 Å². The van der Waals surface area contributed by atoms with E-state index in [2.05, 4.69) is 15.4 Å². The molecule has 3 heterocycles. The zero-order valence-corrected chi connectivity index (χ0v) is 13.4. The molecule has 0 unspecified atom stereocenters. The van der Waals surface area contributed by atoms with Crippen LogP contribution in [0.15, 0.2) is 41.3 Å². The van der Waals surface area contributed by atoms with Crippen LogP contribution in [0.5, 0.6) is 0 Å². The summed E-state index contributed by atoms with van der Waals surface area (Å²) in [5, 5.41) is 7.38. The quantitative estimate of drug-likeness (QED) is 0.708. The Morgan fingerprint density at radius 3 is 2.96 bits per heavy atom. The first-order valence-electron chi connectivity index (χ1n) is 7.14. The average Bonchev–Trinajstić information content (AvgIpc) is 2.76. The van der Waals surface area contributed by atoms with E-state index < -0.39 is 0 Å². The van der Waals surface area contributed by atoms with E-state index in [0.717, 1.165) is 17.1 Å². The molecule has 1 aliphatic rings. The maximum Gasteiger partial charge on any atom is 0.275 e. The molecule has 2 N–H and O–H groups in total. The third-order valence-corrected chi connectivity index (χ3v) is 4.43. The van der Waals surface area contributed by atoms with Crippen LogP contribution in [0.3, 0.4) is 0 Å². The number of anilines is 1. The fourth-order valence-corrected chi connectivity index (χ4v) is 3.18. The van der Waals surface area contributed by atoms with Crippen LogP contribution in [-0.2, 0) is 6.42 Å². The van der Waals surface area contributed by atoms with Crippen molar-refractivity contribution >= 4 is 29.0 Å². The molecule has 1 aromatic carbocycles. The highest BCUT2D eigenvalue weighted by atomic mass is 35.5. The molecule has 0 radical (unpaired) electrons. The van der Waals surface area contributed by atoms with Crippen LogP contribution in [0.4, 0.5) is 5.82 Å². The van der Waals surface area contributed by atoms with Crippen LogP contribution in [0.25, 0.3) is 16.9 Å². The van der Waals surface area contributed by atoms with E-state index in [1.165, 1.54) is 4.68 Å². The van der Waals surface area contributed by atoms with E-state index in [-0.39, 0.29) is 5.56 Å². The molecule has 2 aromatic heterocycles. The van der Waals surface area contributed by atoms with Crippen LogP contribution in [0.2, 0.25) is 10.0 Å². The maximum absolute atomic E-state index is 12.8. The van der Waals surface area contributed by atoms with Gasteiger partial charge in [-0.05, 0) is 36.8 Å². The molecule has 116 valence electrons. The molecule has 0 spiro atoms. The average molecular weight is 347 g/mol. The number of aromatic nitrogens is 3. The van der Waals surface area contributed by atoms with Crippen LogP contribution in [0, 0.1) is 0 Å². The van der Waals surface area contributed by atoms with Crippen molar-refractivity contribution < 1.29 is 0 Å². The van der Waals surface area contributed by atoms with Gasteiger partial charge in [0.1, 0.15) is 5.82 Å². The minimum atomic E-state index is -0.123. The van der Waals surface area contributed by atoms with Crippen molar-refractivity contribution in [3.8, 4) is 16.9 Å². The van der Waals surface area contributed by atoms with Crippen molar-refractivity contribution in [1.29, 1.82) is 0 Å². The molecular weight excluding hydrogens is 335 g/mol. The lowest BCUT2D eigenvalue weighted by molar-refractivity contribution is 0.846. The van der Waals surface area contributed by atoms with E-state index >= 15 is 0 Å². The first-order valence-corrected chi connectivity index (χ1v) is 7.89. The number of H-pyrrole nitrogens is 1. The summed E-state index contributed by atoms with van der Waals surface area (Å²) in [7, 11) is 0. The number of fused-ring (bicyclic) bond motifs is 3. The molecule has 0 aliphatic carbocycles. The number of nitrogens with zero attached hydrogens (tertiary/aromatic N) is 2. The molecule has 3 aromatic rings. The Kier molecular flexibility index (Phi) is 3.39. The Labute approximate surface area is 141 Å². The number of rotatable bonds is 1. The number of aromatic amines is 1. The standard InChI is InChI=1S/C16H12Cl2N4O/c17-9-3-4-12(18)13(8-9)22-16(23)11-5-7-20-15-10(14(11)21-22)2-1-6-19-15/h1-4,6,8,21H,5,7H2,(H,19,20). The Morgan fingerprint density at radius 1 is 1.22 bits per heavy atom. The fraction of sp³-hybridized carbons (Fsp3) is 0.125. The lowest BCUT2D eigenvalue weighted by atomic mass is 10.1. The zero-order valence-electron chi connectivity index (χ0n) is 11.9. The van der Waals surface area contributed by atoms with Crippen molar-refractivity contribution in [2.45, 2.75) is 6.42 Å². The van der Waals surface area contributed by atoms with E-state index in [9.17, 15) is 4.79 Å². The first kappa shape index (κ1) is 14.4. The van der Waals surface area contributed by atoms with Gasteiger partial charge in [-0.3, -0.25) is 9.89 Å². The molecule has 1 aliphatic heterocycles. The molecule has 7 heteroatoms. The Balaban J connectivity index is 1.98. The summed E-state index contributed by atoms with van der Waals surface area (Å²) in [6.07, 6.45) is 2.33. The highest BCUT2D eigenvalue weighted by Crippen LogP contribution is 2.30. The van der Waals surface area contributed by atoms with Gasteiger partial charge < -0.3 is 5.32 Å². The summed E-state index contributed by atoms with van der Waals surface area (Å²) >= 11 is 12.3. The van der Waals surface area contributed by atoms with Crippen LogP contribution in [-0.4, -0.2) is 21.3 Å². The Morgan fingerprint density at radius 2 is 2.09 bits per heavy atom. The van der Waals surface area contributed by atoms with Crippen molar-refractivity contribution in [3.63, 3.8) is 0 Å². The molecule has 0 saturated carbocycles. The van der Waals surface area contributed by atoms with Gasteiger partial charge in [0, 0.05) is 28.9 Å². The lowest BCUT2D eigenvalue weighted by Crippen LogP contribution is -2.19.